The minimum absolute atomic E-state index is 0.0127. The van der Waals surface area contributed by atoms with E-state index in [0.29, 0.717) is 31.7 Å². The predicted octanol–water partition coefficient (Wildman–Crippen LogP) is 3.47. The van der Waals surface area contributed by atoms with Crippen molar-refractivity contribution in [1.29, 1.82) is 0 Å². The van der Waals surface area contributed by atoms with Gasteiger partial charge in [0.2, 0.25) is 17.6 Å². The van der Waals surface area contributed by atoms with Crippen molar-refractivity contribution in [2.24, 2.45) is 35.3 Å². The van der Waals surface area contributed by atoms with Gasteiger partial charge in [0, 0.05) is 12.6 Å². The number of ketones is 1. The van der Waals surface area contributed by atoms with Crippen LogP contribution in [0.15, 0.2) is 0 Å². The number of Topliss-reactive ketones (excluding diaryl/α,β-unsaturated/α-hetero) is 1. The smallest absolute Gasteiger partial charge is 0.315 e. The number of nitrogens with two attached hydrogens (primary N) is 1. The van der Waals surface area contributed by atoms with Gasteiger partial charge in [0.25, 0.3) is 5.91 Å². The Morgan fingerprint density at radius 3 is 1.98 bits per heavy atom. The van der Waals surface area contributed by atoms with Crippen molar-refractivity contribution in [2.75, 3.05) is 12.3 Å². The Balaban J connectivity index is 1.84. The third kappa shape index (κ3) is 10.4. The van der Waals surface area contributed by atoms with Gasteiger partial charge in [-0.15, -0.1) is 0 Å². The number of urea groups is 1. The van der Waals surface area contributed by atoms with Crippen molar-refractivity contribution >= 4 is 39.4 Å². The molecule has 0 spiro atoms. The number of carbonyl (C=O) groups is 5. The minimum atomic E-state index is -3.54. The zero-order chi connectivity index (χ0) is 36.0. The molecular weight excluding hydrogens is 634 g/mol. The molecule has 5 atom stereocenters. The standard InChI is InChI=1S/C35H61N5O7S/c1-21(2)25-18-28(32(43)37-26(30(41)31(36)42)17-16-23-12-11-13-23)40(19-25)33(44)29(24-14-9-8-10-15-24)39-34(45)38-27(22(3)4)20-48(46,47)35(5,6)7/h21-29H,8-20H2,1-7H3,(H2,36,42)(H,37,43)(H2,38,39,45)/t25-,26?,27-,28+,29+/m1/s1. The van der Waals surface area contributed by atoms with Gasteiger partial charge in [-0.1, -0.05) is 66.2 Å². The van der Waals surface area contributed by atoms with Crippen LogP contribution in [0.1, 0.15) is 119 Å². The van der Waals surface area contributed by atoms with E-state index in [4.69, 9.17) is 5.73 Å². The van der Waals surface area contributed by atoms with Crippen LogP contribution >= 0.6 is 0 Å². The number of primary amides is 1. The highest BCUT2D eigenvalue weighted by molar-refractivity contribution is 7.92. The normalized spacial score (nSPS) is 22.9. The van der Waals surface area contributed by atoms with Crippen LogP contribution in [0.3, 0.4) is 0 Å². The molecule has 2 aliphatic carbocycles. The zero-order valence-electron chi connectivity index (χ0n) is 30.2. The first-order valence-electron chi connectivity index (χ1n) is 18.1. The van der Waals surface area contributed by atoms with Gasteiger partial charge in [0.05, 0.1) is 16.5 Å². The first kappa shape index (κ1) is 39.7. The lowest BCUT2D eigenvalue weighted by Crippen LogP contribution is -2.60. The summed E-state index contributed by atoms with van der Waals surface area (Å²) in [6.45, 7) is 13.0. The lowest BCUT2D eigenvalue weighted by molar-refractivity contribution is -0.143. The number of likely N-dealkylation sites (tertiary alicyclic amines) is 1. The summed E-state index contributed by atoms with van der Waals surface area (Å²) in [6, 6.07) is -4.15. The Bertz CT molecular complexity index is 1270. The summed E-state index contributed by atoms with van der Waals surface area (Å²) in [6.07, 6.45) is 8.95. The van der Waals surface area contributed by atoms with Gasteiger partial charge in [0.15, 0.2) is 9.84 Å². The maximum atomic E-state index is 14.5. The van der Waals surface area contributed by atoms with E-state index in [9.17, 15) is 32.4 Å². The molecule has 1 unspecified atom stereocenters. The third-order valence-electron chi connectivity index (χ3n) is 11.0. The van der Waals surface area contributed by atoms with Crippen LogP contribution in [0.4, 0.5) is 4.79 Å². The quantitative estimate of drug-likeness (QED) is 0.189. The monoisotopic (exact) mass is 695 g/mol. The summed E-state index contributed by atoms with van der Waals surface area (Å²) in [5.41, 5.74) is 5.35. The van der Waals surface area contributed by atoms with Gasteiger partial charge >= 0.3 is 6.03 Å². The first-order chi connectivity index (χ1) is 22.3. The molecule has 5 amide bonds. The highest BCUT2D eigenvalue weighted by atomic mass is 32.2. The van der Waals surface area contributed by atoms with Gasteiger partial charge in [-0.3, -0.25) is 19.2 Å². The van der Waals surface area contributed by atoms with Crippen molar-refractivity contribution in [2.45, 2.75) is 148 Å². The number of rotatable bonds is 15. The van der Waals surface area contributed by atoms with E-state index in [0.717, 1.165) is 51.4 Å². The van der Waals surface area contributed by atoms with E-state index in [1.54, 1.807) is 25.7 Å². The van der Waals surface area contributed by atoms with Crippen molar-refractivity contribution in [3.8, 4) is 0 Å². The van der Waals surface area contributed by atoms with E-state index in [1.165, 1.54) is 0 Å². The number of carbonyl (C=O) groups excluding carboxylic acids is 5. The molecule has 5 N–H and O–H groups in total. The molecule has 0 aromatic heterocycles. The van der Waals surface area contributed by atoms with E-state index in [-0.39, 0.29) is 35.3 Å². The average molecular weight is 696 g/mol. The largest absolute Gasteiger partial charge is 0.363 e. The Morgan fingerprint density at radius 2 is 1.48 bits per heavy atom. The molecule has 12 nitrogen and oxygen atoms in total. The molecule has 0 radical (unpaired) electrons. The maximum Gasteiger partial charge on any atom is 0.315 e. The SMILES string of the molecule is CC(C)[C@@H]1C[C@@H](C(=O)NC(CCC2CCC2)C(=O)C(N)=O)N(C(=O)[C@@H](NC(=O)N[C@H](CS(=O)(=O)C(C)(C)C)C(C)C)C2CCCCC2)C1. The molecule has 3 aliphatic rings. The Morgan fingerprint density at radius 1 is 0.854 bits per heavy atom. The molecule has 3 fully saturated rings. The van der Waals surface area contributed by atoms with E-state index in [2.05, 4.69) is 16.0 Å². The second-order valence-electron chi connectivity index (χ2n) is 16.1. The molecule has 274 valence electrons. The highest BCUT2D eigenvalue weighted by Crippen LogP contribution is 2.34. The summed E-state index contributed by atoms with van der Waals surface area (Å²) in [5, 5.41) is 8.54. The van der Waals surface area contributed by atoms with Gasteiger partial charge in [-0.25, -0.2) is 13.2 Å². The second-order valence-corrected chi connectivity index (χ2v) is 18.9. The summed E-state index contributed by atoms with van der Waals surface area (Å²) < 4.78 is 25.0. The molecule has 0 aromatic carbocycles. The molecule has 2 saturated carbocycles. The Labute approximate surface area is 287 Å². The number of sulfone groups is 1. The van der Waals surface area contributed by atoms with Crippen molar-refractivity contribution < 1.29 is 32.4 Å². The van der Waals surface area contributed by atoms with E-state index >= 15 is 0 Å². The molecule has 0 aromatic rings. The summed E-state index contributed by atoms with van der Waals surface area (Å²) in [5.74, 6) is -2.75. The van der Waals surface area contributed by atoms with Crippen LogP contribution < -0.4 is 21.7 Å². The Kier molecular flexibility index (Phi) is 13.9. The molecular formula is C35H61N5O7S. The summed E-state index contributed by atoms with van der Waals surface area (Å²) in [7, 11) is -3.54. The first-order valence-corrected chi connectivity index (χ1v) is 19.7. The third-order valence-corrected chi connectivity index (χ3v) is 13.6. The fourth-order valence-corrected chi connectivity index (χ4v) is 8.44. The highest BCUT2D eigenvalue weighted by Gasteiger charge is 2.45. The molecule has 1 heterocycles. The van der Waals surface area contributed by atoms with E-state index < -0.39 is 62.4 Å². The fourth-order valence-electron chi connectivity index (χ4n) is 7.00. The number of nitrogens with one attached hydrogen (secondary N) is 3. The second kappa shape index (κ2) is 16.8. The van der Waals surface area contributed by atoms with Crippen molar-refractivity contribution in [3.05, 3.63) is 0 Å². The van der Waals surface area contributed by atoms with Gasteiger partial charge in [-0.2, -0.15) is 0 Å². The number of hydrogen-bond acceptors (Lipinski definition) is 7. The summed E-state index contributed by atoms with van der Waals surface area (Å²) in [4.78, 5) is 68.1. The van der Waals surface area contributed by atoms with Crippen LogP contribution in [-0.2, 0) is 29.0 Å². The topological polar surface area (TPSA) is 185 Å². The molecule has 48 heavy (non-hydrogen) atoms. The van der Waals surface area contributed by atoms with Gasteiger partial charge in [0.1, 0.15) is 12.1 Å². The predicted molar refractivity (Wildman–Crippen MR) is 185 cm³/mol. The fraction of sp³-hybridized carbons (Fsp3) is 0.857. The summed E-state index contributed by atoms with van der Waals surface area (Å²) >= 11 is 0. The molecule has 13 heteroatoms. The maximum absolute atomic E-state index is 14.5. The molecule has 3 rings (SSSR count). The van der Waals surface area contributed by atoms with Crippen LogP contribution in [-0.4, -0.2) is 84.1 Å². The number of amides is 5. The average Bonchev–Trinajstić information content (AvgIpc) is 3.43. The van der Waals surface area contributed by atoms with E-state index in [1.807, 2.05) is 27.7 Å². The number of nitrogens with zero attached hydrogens (tertiary/aromatic N) is 1. The van der Waals surface area contributed by atoms with Crippen LogP contribution in [0.5, 0.6) is 0 Å². The minimum Gasteiger partial charge on any atom is -0.363 e. The lowest BCUT2D eigenvalue weighted by Gasteiger charge is -2.35. The Hall–Kier alpha value is -2.70. The van der Waals surface area contributed by atoms with Crippen LogP contribution in [0.25, 0.3) is 0 Å². The number of hydrogen-bond donors (Lipinski definition) is 4. The van der Waals surface area contributed by atoms with Gasteiger partial charge < -0.3 is 26.6 Å². The molecule has 0 bridgehead atoms. The zero-order valence-corrected chi connectivity index (χ0v) is 31.0. The van der Waals surface area contributed by atoms with Crippen LogP contribution in [0, 0.1) is 29.6 Å². The van der Waals surface area contributed by atoms with Crippen molar-refractivity contribution in [1.82, 2.24) is 20.9 Å². The van der Waals surface area contributed by atoms with Gasteiger partial charge in [-0.05, 0) is 82.5 Å². The molecule has 1 saturated heterocycles. The van der Waals surface area contributed by atoms with Crippen LogP contribution in [0.2, 0.25) is 0 Å². The van der Waals surface area contributed by atoms with Crippen molar-refractivity contribution in [3.63, 3.8) is 0 Å². The molecule has 1 aliphatic heterocycles. The lowest BCUT2D eigenvalue weighted by atomic mass is 9.81.